The van der Waals surface area contributed by atoms with Gasteiger partial charge < -0.3 is 15.8 Å². The van der Waals surface area contributed by atoms with Gasteiger partial charge in [0.2, 0.25) is 0 Å². The van der Waals surface area contributed by atoms with Gasteiger partial charge in [-0.2, -0.15) is 5.10 Å². The first kappa shape index (κ1) is 23.0. The zero-order chi connectivity index (χ0) is 13.5. The molecule has 0 radical (unpaired) electrons. The molecule has 3 N–H and O–H groups in total. The van der Waals surface area contributed by atoms with E-state index in [1.165, 1.54) is 0 Å². The van der Waals surface area contributed by atoms with Gasteiger partial charge in [0.05, 0.1) is 24.7 Å². The highest BCUT2D eigenvalue weighted by molar-refractivity contribution is 5.86. The average Bonchev–Trinajstić information content (AvgIpc) is 2.84. The molecule has 0 unspecified atom stereocenters. The fourth-order valence-electron chi connectivity index (χ4n) is 1.63. The summed E-state index contributed by atoms with van der Waals surface area (Å²) in [6, 6.07) is 1.88. The lowest BCUT2D eigenvalue weighted by Gasteiger charge is -2.06. The number of nitrogens with two attached hydrogens (primary N) is 1. The number of methoxy groups -OCH3 is 1. The Morgan fingerprint density at radius 1 is 1.36 bits per heavy atom. The van der Waals surface area contributed by atoms with Gasteiger partial charge in [0.15, 0.2) is 5.65 Å². The van der Waals surface area contributed by atoms with Crippen LogP contribution in [0.3, 0.4) is 0 Å². The molecule has 2 aromatic heterocycles. The number of nitrogens with zero attached hydrogens (tertiary/aromatic N) is 3. The van der Waals surface area contributed by atoms with Crippen molar-refractivity contribution in [3.63, 3.8) is 0 Å². The lowest BCUT2D eigenvalue weighted by atomic mass is 10.4. The van der Waals surface area contributed by atoms with Crippen LogP contribution in [0.15, 0.2) is 18.5 Å². The minimum absolute atomic E-state index is 0. The Morgan fingerprint density at radius 3 is 2.82 bits per heavy atom. The molecule has 0 aliphatic carbocycles. The quantitative estimate of drug-likeness (QED) is 0.621. The maximum atomic E-state index is 5.41. The number of aromatic nitrogens is 3. The van der Waals surface area contributed by atoms with E-state index in [0.717, 1.165) is 23.6 Å². The monoisotopic (exact) mass is 367 g/mol. The van der Waals surface area contributed by atoms with Crippen molar-refractivity contribution in [2.75, 3.05) is 32.1 Å². The Bertz CT molecular complexity index is 608. The second kappa shape index (κ2) is 12.3. The van der Waals surface area contributed by atoms with E-state index < -0.39 is 0 Å². The number of ether oxygens (including phenoxy) is 1. The number of anilines is 1. The SMILES string of the molecule is COCCNc1ccnn2c(C#CCCN)cnc12.Cl.Cl.Cl. The number of halogens is 3. The molecule has 0 amide bonds. The molecule has 6 nitrogen and oxygen atoms in total. The van der Waals surface area contributed by atoms with Gasteiger partial charge >= 0.3 is 0 Å². The number of hydrogen-bond donors (Lipinski definition) is 2. The zero-order valence-corrected chi connectivity index (χ0v) is 14.6. The fraction of sp³-hybridized carbons (Fsp3) is 0.385. The first-order valence-electron chi connectivity index (χ1n) is 6.11. The highest BCUT2D eigenvalue weighted by Gasteiger charge is 2.06. The van der Waals surface area contributed by atoms with Crippen LogP contribution in [0.4, 0.5) is 5.69 Å². The summed E-state index contributed by atoms with van der Waals surface area (Å²) >= 11 is 0. The van der Waals surface area contributed by atoms with Crippen molar-refractivity contribution >= 4 is 48.6 Å². The van der Waals surface area contributed by atoms with Crippen LogP contribution >= 0.6 is 37.2 Å². The lowest BCUT2D eigenvalue weighted by molar-refractivity contribution is 0.211. The van der Waals surface area contributed by atoms with Crippen molar-refractivity contribution in [1.82, 2.24) is 14.6 Å². The van der Waals surface area contributed by atoms with E-state index in [9.17, 15) is 0 Å². The zero-order valence-electron chi connectivity index (χ0n) is 12.1. The predicted molar refractivity (Wildman–Crippen MR) is 95.6 cm³/mol. The molecule has 2 heterocycles. The minimum Gasteiger partial charge on any atom is -0.383 e. The summed E-state index contributed by atoms with van der Waals surface area (Å²) in [5.74, 6) is 6.00. The Kier molecular flexibility index (Phi) is 12.9. The Balaban J connectivity index is 0. The molecule has 0 bridgehead atoms. The molecule has 9 heteroatoms. The topological polar surface area (TPSA) is 77.5 Å². The summed E-state index contributed by atoms with van der Waals surface area (Å²) < 4.78 is 6.73. The maximum absolute atomic E-state index is 5.41. The molecule has 0 aliphatic rings. The van der Waals surface area contributed by atoms with Gasteiger partial charge in [-0.05, 0) is 12.0 Å². The normalized spacial score (nSPS) is 8.82. The summed E-state index contributed by atoms with van der Waals surface area (Å²) in [7, 11) is 1.67. The molecular formula is C13H20Cl3N5O. The molecular weight excluding hydrogens is 349 g/mol. The van der Waals surface area contributed by atoms with Crippen LogP contribution in [0.25, 0.3) is 5.65 Å². The van der Waals surface area contributed by atoms with E-state index in [-0.39, 0.29) is 37.2 Å². The largest absolute Gasteiger partial charge is 0.383 e. The second-order valence-corrected chi connectivity index (χ2v) is 3.88. The molecule has 0 aliphatic heterocycles. The first-order chi connectivity index (χ1) is 9.36. The molecule has 2 aromatic rings. The van der Waals surface area contributed by atoms with Gasteiger partial charge in [0.25, 0.3) is 0 Å². The number of imidazole rings is 1. The van der Waals surface area contributed by atoms with Gasteiger partial charge in [-0.15, -0.1) is 37.2 Å². The van der Waals surface area contributed by atoms with E-state index in [1.54, 1.807) is 24.0 Å². The van der Waals surface area contributed by atoms with Crippen LogP contribution in [0.5, 0.6) is 0 Å². The molecule has 2 rings (SSSR count). The van der Waals surface area contributed by atoms with Gasteiger partial charge in [0, 0.05) is 26.6 Å². The van der Waals surface area contributed by atoms with Crippen molar-refractivity contribution in [2.45, 2.75) is 6.42 Å². The molecule has 0 spiro atoms. The Labute approximate surface area is 148 Å². The fourth-order valence-corrected chi connectivity index (χ4v) is 1.63. The van der Waals surface area contributed by atoms with E-state index in [2.05, 4.69) is 27.2 Å². The van der Waals surface area contributed by atoms with E-state index in [0.29, 0.717) is 19.6 Å². The van der Waals surface area contributed by atoms with Gasteiger partial charge in [-0.25, -0.2) is 9.50 Å². The smallest absolute Gasteiger partial charge is 0.178 e. The third-order valence-corrected chi connectivity index (χ3v) is 2.51. The summed E-state index contributed by atoms with van der Waals surface area (Å²) in [5, 5.41) is 7.51. The Morgan fingerprint density at radius 2 is 2.14 bits per heavy atom. The highest BCUT2D eigenvalue weighted by Crippen LogP contribution is 2.14. The van der Waals surface area contributed by atoms with Crippen molar-refractivity contribution < 1.29 is 4.74 Å². The van der Waals surface area contributed by atoms with Crippen LogP contribution in [0.1, 0.15) is 12.1 Å². The van der Waals surface area contributed by atoms with E-state index in [4.69, 9.17) is 10.5 Å². The van der Waals surface area contributed by atoms with Crippen molar-refractivity contribution in [1.29, 1.82) is 0 Å². The highest BCUT2D eigenvalue weighted by atomic mass is 35.5. The van der Waals surface area contributed by atoms with Crippen LogP contribution in [0.2, 0.25) is 0 Å². The van der Waals surface area contributed by atoms with Crippen LogP contribution < -0.4 is 11.1 Å². The van der Waals surface area contributed by atoms with E-state index in [1.807, 2.05) is 6.07 Å². The molecule has 22 heavy (non-hydrogen) atoms. The third kappa shape index (κ3) is 5.87. The Hall–Kier alpha value is -1.23. The molecule has 0 saturated heterocycles. The summed E-state index contributed by atoms with van der Waals surface area (Å²) in [4.78, 5) is 4.34. The molecule has 0 atom stereocenters. The van der Waals surface area contributed by atoms with Crippen LogP contribution in [-0.2, 0) is 4.74 Å². The molecule has 0 aromatic carbocycles. The average molecular weight is 369 g/mol. The van der Waals surface area contributed by atoms with Gasteiger partial charge in [-0.1, -0.05) is 5.92 Å². The van der Waals surface area contributed by atoms with Crippen molar-refractivity contribution in [2.24, 2.45) is 5.73 Å². The molecule has 0 saturated carbocycles. The molecule has 0 fully saturated rings. The number of hydrogen-bond acceptors (Lipinski definition) is 5. The maximum Gasteiger partial charge on any atom is 0.178 e. The van der Waals surface area contributed by atoms with Crippen LogP contribution in [0, 0.1) is 11.8 Å². The summed E-state index contributed by atoms with van der Waals surface area (Å²) in [6.07, 6.45) is 4.10. The molecule has 124 valence electrons. The predicted octanol–water partition coefficient (Wildman–Crippen LogP) is 1.75. The van der Waals surface area contributed by atoms with Gasteiger partial charge in [-0.3, -0.25) is 0 Å². The summed E-state index contributed by atoms with van der Waals surface area (Å²) in [6.45, 7) is 1.91. The third-order valence-electron chi connectivity index (χ3n) is 2.51. The van der Waals surface area contributed by atoms with Crippen LogP contribution in [-0.4, -0.2) is 41.4 Å². The minimum atomic E-state index is 0. The lowest BCUT2D eigenvalue weighted by Crippen LogP contribution is -2.09. The number of fused-ring (bicyclic) bond motifs is 1. The van der Waals surface area contributed by atoms with E-state index >= 15 is 0 Å². The summed E-state index contributed by atoms with van der Waals surface area (Å²) in [5.41, 5.74) is 7.85. The number of nitrogens with one attached hydrogen (secondary N) is 1. The number of rotatable bonds is 5. The van der Waals surface area contributed by atoms with Crippen molar-refractivity contribution in [3.8, 4) is 11.8 Å². The van der Waals surface area contributed by atoms with Gasteiger partial charge in [0.1, 0.15) is 5.69 Å². The standard InChI is InChI=1S/C13H17N5O.3ClH/c1-19-9-8-15-12-5-7-17-18-11(4-2-3-6-14)10-16-13(12)18;;;/h5,7,10,15H,3,6,8-9,14H2,1H3;3*1H. The van der Waals surface area contributed by atoms with Crippen molar-refractivity contribution in [3.05, 3.63) is 24.2 Å². The second-order valence-electron chi connectivity index (χ2n) is 3.88. The first-order valence-corrected chi connectivity index (χ1v) is 6.11.